The highest BCUT2D eigenvalue weighted by Crippen LogP contribution is 2.31. The summed E-state index contributed by atoms with van der Waals surface area (Å²) in [6.07, 6.45) is 0.907. The quantitative estimate of drug-likeness (QED) is 0.909. The summed E-state index contributed by atoms with van der Waals surface area (Å²) in [5, 5.41) is 11.7. The van der Waals surface area contributed by atoms with Gasteiger partial charge in [-0.2, -0.15) is 5.26 Å². The maximum absolute atomic E-state index is 12.1. The minimum absolute atomic E-state index is 0.0537. The average Bonchev–Trinajstić information content (AvgIpc) is 2.27. The van der Waals surface area contributed by atoms with Crippen LogP contribution in [0.15, 0.2) is 27.6 Å². The van der Waals surface area contributed by atoms with E-state index in [0.29, 0.717) is 23.4 Å². The number of nitriles is 1. The summed E-state index contributed by atoms with van der Waals surface area (Å²) in [6.45, 7) is 0. The maximum atomic E-state index is 12.1. The molecule has 90 valence electrons. The molecule has 17 heavy (non-hydrogen) atoms. The number of anilines is 1. The lowest BCUT2D eigenvalue weighted by Crippen LogP contribution is -2.34. The molecule has 0 aromatic heterocycles. The second kappa shape index (κ2) is 4.67. The van der Waals surface area contributed by atoms with Gasteiger partial charge in [-0.1, -0.05) is 15.9 Å². The Hall–Kier alpha value is -1.06. The molecule has 0 bridgehead atoms. The molecular weight excluding hydrogens is 304 g/mol. The average molecular weight is 315 g/mol. The molecule has 1 N–H and O–H groups in total. The molecule has 1 heterocycles. The second-order valence-electron chi connectivity index (χ2n) is 3.96. The van der Waals surface area contributed by atoms with E-state index in [-0.39, 0.29) is 11.8 Å². The molecule has 1 atom stereocenters. The molecule has 1 aliphatic heterocycles. The molecule has 1 unspecified atom stereocenters. The van der Waals surface area contributed by atoms with Gasteiger partial charge in [0.05, 0.1) is 22.4 Å². The van der Waals surface area contributed by atoms with Crippen molar-refractivity contribution in [2.45, 2.75) is 23.8 Å². The van der Waals surface area contributed by atoms with Crippen molar-refractivity contribution < 1.29 is 8.42 Å². The standard InChI is InChI=1S/C11H11BrN2O2S/c12-8-3-4-10-11(6-8)17(15,16)7-9(14-10)2-1-5-13/h3-4,6,9,14H,1-2,7H2. The Morgan fingerprint density at radius 2 is 2.29 bits per heavy atom. The Morgan fingerprint density at radius 3 is 3.00 bits per heavy atom. The number of rotatable bonds is 2. The molecule has 2 rings (SSSR count). The number of hydrogen-bond acceptors (Lipinski definition) is 4. The van der Waals surface area contributed by atoms with Gasteiger partial charge in [0.2, 0.25) is 0 Å². The van der Waals surface area contributed by atoms with Crippen molar-refractivity contribution in [3.63, 3.8) is 0 Å². The van der Waals surface area contributed by atoms with E-state index in [9.17, 15) is 8.42 Å². The van der Waals surface area contributed by atoms with Crippen LogP contribution in [0.4, 0.5) is 5.69 Å². The number of nitrogens with one attached hydrogen (secondary N) is 1. The number of hydrogen-bond donors (Lipinski definition) is 1. The van der Waals surface area contributed by atoms with Crippen molar-refractivity contribution in [1.29, 1.82) is 5.26 Å². The van der Waals surface area contributed by atoms with E-state index in [4.69, 9.17) is 5.26 Å². The Labute approximate surface area is 109 Å². The second-order valence-corrected chi connectivity index (χ2v) is 6.88. The van der Waals surface area contributed by atoms with Crippen LogP contribution in [0, 0.1) is 11.3 Å². The summed E-state index contributed by atoms with van der Waals surface area (Å²) in [5.41, 5.74) is 0.627. The van der Waals surface area contributed by atoms with Crippen molar-refractivity contribution in [2.75, 3.05) is 11.1 Å². The zero-order valence-corrected chi connectivity index (χ0v) is 11.4. The summed E-state index contributed by atoms with van der Waals surface area (Å²) in [6, 6.07) is 7.01. The molecule has 0 amide bonds. The monoisotopic (exact) mass is 314 g/mol. The highest BCUT2D eigenvalue weighted by Gasteiger charge is 2.29. The fourth-order valence-electron chi connectivity index (χ4n) is 1.88. The van der Waals surface area contributed by atoms with Gasteiger partial charge in [-0.25, -0.2) is 8.42 Å². The van der Waals surface area contributed by atoms with Crippen LogP contribution in [0.3, 0.4) is 0 Å². The third-order valence-electron chi connectivity index (χ3n) is 2.66. The van der Waals surface area contributed by atoms with Crippen LogP contribution in [0.2, 0.25) is 0 Å². The molecule has 1 aliphatic rings. The van der Waals surface area contributed by atoms with Crippen molar-refractivity contribution in [1.82, 2.24) is 0 Å². The molecule has 1 aromatic carbocycles. The number of nitrogens with zero attached hydrogens (tertiary/aromatic N) is 1. The minimum Gasteiger partial charge on any atom is -0.380 e. The van der Waals surface area contributed by atoms with Crippen LogP contribution < -0.4 is 5.32 Å². The minimum atomic E-state index is -3.25. The zero-order chi connectivity index (χ0) is 12.5. The van der Waals surface area contributed by atoms with Gasteiger partial charge < -0.3 is 5.32 Å². The van der Waals surface area contributed by atoms with Crippen LogP contribution >= 0.6 is 15.9 Å². The topological polar surface area (TPSA) is 70.0 Å². The summed E-state index contributed by atoms with van der Waals surface area (Å²) in [4.78, 5) is 0.333. The molecule has 6 heteroatoms. The van der Waals surface area contributed by atoms with E-state index in [1.807, 2.05) is 6.07 Å². The first-order valence-electron chi connectivity index (χ1n) is 5.19. The zero-order valence-electron chi connectivity index (χ0n) is 8.98. The van der Waals surface area contributed by atoms with Crippen molar-refractivity contribution in [2.24, 2.45) is 0 Å². The smallest absolute Gasteiger partial charge is 0.182 e. The fraction of sp³-hybridized carbons (Fsp3) is 0.364. The van der Waals surface area contributed by atoms with Gasteiger partial charge >= 0.3 is 0 Å². The highest BCUT2D eigenvalue weighted by molar-refractivity contribution is 9.10. The molecule has 1 aromatic rings. The number of benzene rings is 1. The molecule has 4 nitrogen and oxygen atoms in total. The van der Waals surface area contributed by atoms with Crippen LogP contribution in [0.5, 0.6) is 0 Å². The lowest BCUT2D eigenvalue weighted by molar-refractivity contribution is 0.580. The summed E-state index contributed by atoms with van der Waals surface area (Å²) < 4.78 is 24.9. The number of sulfone groups is 1. The first kappa shape index (κ1) is 12.4. The summed E-state index contributed by atoms with van der Waals surface area (Å²) in [5.74, 6) is 0.0537. The molecule has 0 saturated carbocycles. The lowest BCUT2D eigenvalue weighted by Gasteiger charge is -2.26. The first-order chi connectivity index (χ1) is 8.03. The van der Waals surface area contributed by atoms with Crippen LogP contribution in [-0.4, -0.2) is 20.2 Å². The SMILES string of the molecule is N#CCCC1CS(=O)(=O)c2cc(Br)ccc2N1. The maximum Gasteiger partial charge on any atom is 0.182 e. The van der Waals surface area contributed by atoms with Crippen LogP contribution in [0.1, 0.15) is 12.8 Å². The number of fused-ring (bicyclic) bond motifs is 1. The van der Waals surface area contributed by atoms with E-state index < -0.39 is 9.84 Å². The van der Waals surface area contributed by atoms with Crippen LogP contribution in [-0.2, 0) is 9.84 Å². The van der Waals surface area contributed by atoms with E-state index >= 15 is 0 Å². The highest BCUT2D eigenvalue weighted by atomic mass is 79.9. The predicted molar refractivity (Wildman–Crippen MR) is 68.5 cm³/mol. The fourth-order valence-corrected chi connectivity index (χ4v) is 4.12. The van der Waals surface area contributed by atoms with E-state index in [1.165, 1.54) is 0 Å². The number of halogens is 1. The summed E-state index contributed by atoms with van der Waals surface area (Å²) >= 11 is 3.26. The molecule has 0 fully saturated rings. The largest absolute Gasteiger partial charge is 0.380 e. The normalized spacial score (nSPS) is 21.1. The molecular formula is C11H11BrN2O2S. The van der Waals surface area contributed by atoms with Gasteiger partial charge in [0.15, 0.2) is 9.84 Å². The Kier molecular flexibility index (Phi) is 3.40. The van der Waals surface area contributed by atoms with E-state index in [1.54, 1.807) is 18.2 Å². The predicted octanol–water partition coefficient (Wildman–Crippen LogP) is 2.32. The van der Waals surface area contributed by atoms with Gasteiger partial charge in [0, 0.05) is 16.9 Å². The van der Waals surface area contributed by atoms with Crippen molar-refractivity contribution in [3.8, 4) is 6.07 Å². The van der Waals surface area contributed by atoms with Gasteiger partial charge in [-0.3, -0.25) is 0 Å². The third kappa shape index (κ3) is 2.61. The van der Waals surface area contributed by atoms with Gasteiger partial charge in [0.25, 0.3) is 0 Å². The van der Waals surface area contributed by atoms with Gasteiger partial charge in [-0.05, 0) is 24.6 Å². The van der Waals surface area contributed by atoms with Crippen molar-refractivity contribution in [3.05, 3.63) is 22.7 Å². The van der Waals surface area contributed by atoms with Gasteiger partial charge in [-0.15, -0.1) is 0 Å². The third-order valence-corrected chi connectivity index (χ3v) is 5.01. The first-order valence-corrected chi connectivity index (χ1v) is 7.63. The Morgan fingerprint density at radius 1 is 1.53 bits per heavy atom. The molecule has 0 spiro atoms. The van der Waals surface area contributed by atoms with Crippen molar-refractivity contribution >= 4 is 31.5 Å². The van der Waals surface area contributed by atoms with Gasteiger partial charge in [0.1, 0.15) is 0 Å². The van der Waals surface area contributed by atoms with E-state index in [0.717, 1.165) is 4.47 Å². The van der Waals surface area contributed by atoms with Crippen LogP contribution in [0.25, 0.3) is 0 Å². The van der Waals surface area contributed by atoms with E-state index in [2.05, 4.69) is 21.2 Å². The lowest BCUT2D eigenvalue weighted by atomic mass is 10.1. The summed E-state index contributed by atoms with van der Waals surface area (Å²) in [7, 11) is -3.25. The Bertz CT molecular complexity index is 578. The molecule has 0 aliphatic carbocycles. The Balaban J connectivity index is 2.35. The molecule has 0 radical (unpaired) electrons. The molecule has 0 saturated heterocycles.